The van der Waals surface area contributed by atoms with Gasteiger partial charge in [0.15, 0.2) is 23.2 Å². The van der Waals surface area contributed by atoms with E-state index in [-0.39, 0.29) is 23.4 Å². The lowest BCUT2D eigenvalue weighted by molar-refractivity contribution is 0.0936. The fourth-order valence-electron chi connectivity index (χ4n) is 4.27. The molecule has 0 amide bonds. The van der Waals surface area contributed by atoms with Gasteiger partial charge in [0.05, 0.1) is 12.6 Å². The van der Waals surface area contributed by atoms with Crippen LogP contribution in [-0.4, -0.2) is 41.5 Å². The molecule has 1 aliphatic carbocycles. The molecule has 2 fully saturated rings. The maximum atomic E-state index is 13.8. The number of para-hydroxylation sites is 1. The van der Waals surface area contributed by atoms with E-state index >= 15 is 0 Å². The molecule has 4 nitrogen and oxygen atoms in total. The van der Waals surface area contributed by atoms with Crippen LogP contribution in [0.5, 0.6) is 11.5 Å². The maximum Gasteiger partial charge on any atom is 0.191 e. The Balaban J connectivity index is 1.32. The molecule has 0 unspecified atom stereocenters. The zero-order valence-corrected chi connectivity index (χ0v) is 14.8. The summed E-state index contributed by atoms with van der Waals surface area (Å²) in [6, 6.07) is 9.99. The zero-order chi connectivity index (χ0) is 19.0. The van der Waals surface area contributed by atoms with Crippen molar-refractivity contribution in [3.63, 3.8) is 0 Å². The van der Waals surface area contributed by atoms with Gasteiger partial charge in [-0.1, -0.05) is 6.07 Å². The van der Waals surface area contributed by atoms with E-state index in [9.17, 15) is 18.7 Å². The Morgan fingerprint density at radius 1 is 1.04 bits per heavy atom. The van der Waals surface area contributed by atoms with Gasteiger partial charge in [0.1, 0.15) is 5.75 Å². The number of phenolic OH excluding ortho intramolecular Hbond substituents is 1. The van der Waals surface area contributed by atoms with Gasteiger partial charge in [-0.2, -0.15) is 0 Å². The van der Waals surface area contributed by atoms with Crippen molar-refractivity contribution in [2.75, 3.05) is 19.6 Å². The molecule has 1 saturated carbocycles. The highest BCUT2D eigenvalue weighted by Crippen LogP contribution is 2.40. The van der Waals surface area contributed by atoms with E-state index in [1.807, 2.05) is 0 Å². The van der Waals surface area contributed by atoms with Gasteiger partial charge in [0.25, 0.3) is 0 Å². The predicted octanol–water partition coefficient (Wildman–Crippen LogP) is 3.64. The van der Waals surface area contributed by atoms with Crippen molar-refractivity contribution in [2.24, 2.45) is 11.8 Å². The highest BCUT2D eigenvalue weighted by atomic mass is 19.1. The van der Waals surface area contributed by atoms with Crippen LogP contribution >= 0.6 is 0 Å². The quantitative estimate of drug-likeness (QED) is 0.813. The largest absolute Gasteiger partial charge is 0.508 e. The standard InChI is InChI=1S/C21H21F2NO3/c22-18-2-1-3-19(23)21(18)27-17-8-14-10-24(11-15(14)9-17)12-20(26)13-4-6-16(25)7-5-13/h1-7,14-15,17,25H,8-12H2/t14-,15+,17-. The van der Waals surface area contributed by atoms with Gasteiger partial charge in [0.2, 0.25) is 0 Å². The number of phenols is 1. The minimum Gasteiger partial charge on any atom is -0.508 e. The summed E-state index contributed by atoms with van der Waals surface area (Å²) >= 11 is 0. The molecule has 3 atom stereocenters. The van der Waals surface area contributed by atoms with Gasteiger partial charge in [-0.25, -0.2) is 8.78 Å². The van der Waals surface area contributed by atoms with Crippen molar-refractivity contribution >= 4 is 5.78 Å². The first-order chi connectivity index (χ1) is 13.0. The van der Waals surface area contributed by atoms with Gasteiger partial charge in [-0.15, -0.1) is 0 Å². The highest BCUT2D eigenvalue weighted by Gasteiger charge is 2.42. The van der Waals surface area contributed by atoms with Crippen molar-refractivity contribution in [2.45, 2.75) is 18.9 Å². The second-order valence-corrected chi connectivity index (χ2v) is 7.45. The number of carbonyl (C=O) groups is 1. The zero-order valence-electron chi connectivity index (χ0n) is 14.8. The summed E-state index contributed by atoms with van der Waals surface area (Å²) in [7, 11) is 0. The first-order valence-electron chi connectivity index (χ1n) is 9.15. The number of halogens is 2. The summed E-state index contributed by atoms with van der Waals surface area (Å²) in [6.45, 7) is 1.91. The summed E-state index contributed by atoms with van der Waals surface area (Å²) < 4.78 is 33.1. The number of nitrogens with zero attached hydrogens (tertiary/aromatic N) is 1. The predicted molar refractivity (Wildman–Crippen MR) is 95.9 cm³/mol. The fraction of sp³-hybridized carbons (Fsp3) is 0.381. The number of Topliss-reactive ketones (excluding diaryl/α,β-unsaturated/α-hetero) is 1. The number of ketones is 1. The highest BCUT2D eigenvalue weighted by molar-refractivity contribution is 5.97. The van der Waals surface area contributed by atoms with E-state index in [0.717, 1.165) is 25.9 Å². The van der Waals surface area contributed by atoms with E-state index in [4.69, 9.17) is 4.74 Å². The molecule has 1 heterocycles. The first kappa shape index (κ1) is 17.9. The first-order valence-corrected chi connectivity index (χ1v) is 9.15. The number of likely N-dealkylation sites (tertiary alicyclic amines) is 1. The van der Waals surface area contributed by atoms with Crippen LogP contribution in [0.3, 0.4) is 0 Å². The Bertz CT molecular complexity index is 806. The Hall–Kier alpha value is -2.47. The molecule has 4 rings (SSSR count). The van der Waals surface area contributed by atoms with Crippen LogP contribution in [0.4, 0.5) is 8.78 Å². The summed E-state index contributed by atoms with van der Waals surface area (Å²) in [5.74, 6) is -0.728. The molecule has 2 aromatic rings. The van der Waals surface area contributed by atoms with Crippen LogP contribution in [0.2, 0.25) is 0 Å². The van der Waals surface area contributed by atoms with Crippen molar-refractivity contribution in [3.8, 4) is 11.5 Å². The molecule has 0 aromatic heterocycles. The molecular weight excluding hydrogens is 352 g/mol. The van der Waals surface area contributed by atoms with E-state index < -0.39 is 11.6 Å². The Morgan fingerprint density at radius 3 is 2.22 bits per heavy atom. The lowest BCUT2D eigenvalue weighted by Crippen LogP contribution is -2.30. The van der Waals surface area contributed by atoms with E-state index in [1.165, 1.54) is 30.3 Å². The maximum absolute atomic E-state index is 13.8. The number of ether oxygens (including phenoxy) is 1. The summed E-state index contributed by atoms with van der Waals surface area (Å²) in [5.41, 5.74) is 0.584. The van der Waals surface area contributed by atoms with Crippen LogP contribution < -0.4 is 4.74 Å². The summed E-state index contributed by atoms with van der Waals surface area (Å²) in [5, 5.41) is 9.32. The number of rotatable bonds is 5. The van der Waals surface area contributed by atoms with Crippen LogP contribution in [0, 0.1) is 23.5 Å². The molecule has 1 aliphatic heterocycles. The SMILES string of the molecule is O=C(CN1C[C@H]2C[C@@H](Oc3c(F)cccc3F)C[C@H]2C1)c1ccc(O)cc1. The minimum atomic E-state index is -0.673. The van der Waals surface area contributed by atoms with E-state index in [2.05, 4.69) is 4.90 Å². The van der Waals surface area contributed by atoms with Crippen LogP contribution in [-0.2, 0) is 0 Å². The van der Waals surface area contributed by atoms with Gasteiger partial charge in [-0.05, 0) is 61.1 Å². The Morgan fingerprint density at radius 2 is 1.63 bits per heavy atom. The second kappa shape index (κ2) is 7.27. The van der Waals surface area contributed by atoms with Crippen LogP contribution in [0.25, 0.3) is 0 Å². The summed E-state index contributed by atoms with van der Waals surface area (Å²) in [6.07, 6.45) is 1.28. The topological polar surface area (TPSA) is 49.8 Å². The van der Waals surface area contributed by atoms with Gasteiger partial charge < -0.3 is 9.84 Å². The lowest BCUT2D eigenvalue weighted by atomic mass is 10.0. The number of hydrogen-bond acceptors (Lipinski definition) is 4. The molecule has 0 spiro atoms. The third-order valence-corrected chi connectivity index (χ3v) is 5.54. The van der Waals surface area contributed by atoms with E-state index in [0.29, 0.717) is 23.9 Å². The smallest absolute Gasteiger partial charge is 0.191 e. The molecule has 0 radical (unpaired) electrons. The number of hydrogen-bond donors (Lipinski definition) is 1. The third-order valence-electron chi connectivity index (χ3n) is 5.54. The molecular formula is C21H21F2NO3. The molecule has 2 aromatic carbocycles. The number of fused-ring (bicyclic) bond motifs is 1. The average Bonchev–Trinajstić information content (AvgIpc) is 3.16. The van der Waals surface area contributed by atoms with Gasteiger partial charge >= 0.3 is 0 Å². The number of carbonyl (C=O) groups excluding carboxylic acids is 1. The molecule has 2 aliphatic rings. The van der Waals surface area contributed by atoms with Crippen LogP contribution in [0.15, 0.2) is 42.5 Å². The van der Waals surface area contributed by atoms with Crippen molar-refractivity contribution in [3.05, 3.63) is 59.7 Å². The second-order valence-electron chi connectivity index (χ2n) is 7.45. The lowest BCUT2D eigenvalue weighted by Gasteiger charge is -2.19. The fourth-order valence-corrected chi connectivity index (χ4v) is 4.27. The molecule has 1 N–H and O–H groups in total. The minimum absolute atomic E-state index is 0.0243. The number of aromatic hydroxyl groups is 1. The van der Waals surface area contributed by atoms with Crippen molar-refractivity contribution in [1.29, 1.82) is 0 Å². The van der Waals surface area contributed by atoms with Crippen LogP contribution in [0.1, 0.15) is 23.2 Å². The normalized spacial score (nSPS) is 24.7. The third kappa shape index (κ3) is 3.81. The van der Waals surface area contributed by atoms with Gasteiger partial charge in [0, 0.05) is 18.7 Å². The molecule has 1 saturated heterocycles. The van der Waals surface area contributed by atoms with Crippen molar-refractivity contribution in [1.82, 2.24) is 4.90 Å². The molecule has 27 heavy (non-hydrogen) atoms. The van der Waals surface area contributed by atoms with Crippen molar-refractivity contribution < 1.29 is 23.4 Å². The summed E-state index contributed by atoms with van der Waals surface area (Å²) in [4.78, 5) is 14.5. The van der Waals surface area contributed by atoms with Gasteiger partial charge in [-0.3, -0.25) is 9.69 Å². The van der Waals surface area contributed by atoms with E-state index in [1.54, 1.807) is 12.1 Å². The average molecular weight is 373 g/mol. The molecule has 142 valence electrons. The Kier molecular flexibility index (Phi) is 4.83. The monoisotopic (exact) mass is 373 g/mol. The number of benzene rings is 2. The molecule has 6 heteroatoms. The molecule has 0 bridgehead atoms. The Labute approximate surface area is 156 Å².